The standard InChI is InChI=1S/C18H21FO2/c19-17-7-6-14(3-1-2-8-20)18(11-17)21-12-16-10-13-4-5-15(16)9-13/h6-7,11,13,15-16,20H,2,4-5,8-10,12H2. The first-order chi connectivity index (χ1) is 10.3. The number of hydrogen-bond acceptors (Lipinski definition) is 2. The van der Waals surface area contributed by atoms with Gasteiger partial charge in [0.15, 0.2) is 0 Å². The highest BCUT2D eigenvalue weighted by Gasteiger charge is 2.39. The van der Waals surface area contributed by atoms with Gasteiger partial charge >= 0.3 is 0 Å². The van der Waals surface area contributed by atoms with E-state index in [2.05, 4.69) is 11.8 Å². The summed E-state index contributed by atoms with van der Waals surface area (Å²) in [7, 11) is 0. The van der Waals surface area contributed by atoms with Crippen LogP contribution in [0.15, 0.2) is 18.2 Å². The van der Waals surface area contributed by atoms with Crippen LogP contribution in [0.1, 0.15) is 37.7 Å². The summed E-state index contributed by atoms with van der Waals surface area (Å²) in [5, 5.41) is 8.77. The molecule has 3 unspecified atom stereocenters. The van der Waals surface area contributed by atoms with Gasteiger partial charge in [0.05, 0.1) is 18.8 Å². The number of halogens is 1. The molecule has 1 aromatic carbocycles. The number of ether oxygens (including phenoxy) is 1. The molecular weight excluding hydrogens is 267 g/mol. The number of rotatable bonds is 4. The van der Waals surface area contributed by atoms with Crippen molar-refractivity contribution in [3.8, 4) is 17.6 Å². The number of hydrogen-bond donors (Lipinski definition) is 1. The van der Waals surface area contributed by atoms with E-state index in [9.17, 15) is 4.39 Å². The maximum Gasteiger partial charge on any atom is 0.137 e. The molecule has 2 saturated carbocycles. The maximum atomic E-state index is 13.4. The summed E-state index contributed by atoms with van der Waals surface area (Å²) in [5.74, 6) is 8.35. The highest BCUT2D eigenvalue weighted by Crippen LogP contribution is 2.48. The third-order valence-corrected chi connectivity index (χ3v) is 4.74. The van der Waals surface area contributed by atoms with Gasteiger partial charge in [0, 0.05) is 12.5 Å². The lowest BCUT2D eigenvalue weighted by atomic mass is 9.89. The molecule has 0 amide bonds. The largest absolute Gasteiger partial charge is 0.492 e. The van der Waals surface area contributed by atoms with E-state index >= 15 is 0 Å². The van der Waals surface area contributed by atoms with Gasteiger partial charge in [-0.05, 0) is 49.1 Å². The van der Waals surface area contributed by atoms with Gasteiger partial charge < -0.3 is 9.84 Å². The van der Waals surface area contributed by atoms with Gasteiger partial charge in [-0.1, -0.05) is 18.3 Å². The van der Waals surface area contributed by atoms with E-state index in [0.717, 1.165) is 11.8 Å². The Morgan fingerprint density at radius 3 is 2.90 bits per heavy atom. The fraction of sp³-hybridized carbons (Fsp3) is 0.556. The zero-order valence-corrected chi connectivity index (χ0v) is 12.1. The van der Waals surface area contributed by atoms with Crippen LogP contribution in [0.5, 0.6) is 5.75 Å². The average molecular weight is 288 g/mol. The lowest BCUT2D eigenvalue weighted by Gasteiger charge is -2.22. The van der Waals surface area contributed by atoms with Gasteiger partial charge in [0.2, 0.25) is 0 Å². The molecule has 2 aliphatic rings. The molecule has 2 nitrogen and oxygen atoms in total. The van der Waals surface area contributed by atoms with E-state index in [-0.39, 0.29) is 12.4 Å². The van der Waals surface area contributed by atoms with Gasteiger partial charge in [-0.15, -0.1) is 0 Å². The van der Waals surface area contributed by atoms with Crippen molar-refractivity contribution in [1.82, 2.24) is 0 Å². The van der Waals surface area contributed by atoms with E-state index < -0.39 is 0 Å². The van der Waals surface area contributed by atoms with Crippen LogP contribution < -0.4 is 4.74 Å². The summed E-state index contributed by atoms with van der Waals surface area (Å²) in [4.78, 5) is 0. The minimum atomic E-state index is -0.300. The van der Waals surface area contributed by atoms with Gasteiger partial charge in [-0.25, -0.2) is 4.39 Å². The monoisotopic (exact) mass is 288 g/mol. The lowest BCUT2D eigenvalue weighted by Crippen LogP contribution is -2.18. The Hall–Kier alpha value is -1.53. The van der Waals surface area contributed by atoms with Gasteiger partial charge in [0.25, 0.3) is 0 Å². The predicted molar refractivity (Wildman–Crippen MR) is 79.4 cm³/mol. The van der Waals surface area contributed by atoms with Crippen molar-refractivity contribution in [3.05, 3.63) is 29.6 Å². The van der Waals surface area contributed by atoms with Crippen molar-refractivity contribution in [3.63, 3.8) is 0 Å². The molecule has 1 aromatic rings. The van der Waals surface area contributed by atoms with Crippen molar-refractivity contribution in [2.75, 3.05) is 13.2 Å². The van der Waals surface area contributed by atoms with Crippen LogP contribution >= 0.6 is 0 Å². The summed E-state index contributed by atoms with van der Waals surface area (Å²) in [6, 6.07) is 4.46. The van der Waals surface area contributed by atoms with E-state index in [4.69, 9.17) is 9.84 Å². The minimum absolute atomic E-state index is 0.0372. The van der Waals surface area contributed by atoms with Gasteiger partial charge in [-0.2, -0.15) is 0 Å². The Morgan fingerprint density at radius 2 is 2.19 bits per heavy atom. The molecule has 3 rings (SSSR count). The molecule has 0 spiro atoms. The SMILES string of the molecule is OCCC#Cc1ccc(F)cc1OCC1CC2CCC1C2. The van der Waals surface area contributed by atoms with Crippen LogP contribution in [0, 0.1) is 35.4 Å². The number of aliphatic hydroxyl groups is 1. The van der Waals surface area contributed by atoms with Crippen LogP contribution in [0.4, 0.5) is 4.39 Å². The zero-order chi connectivity index (χ0) is 14.7. The predicted octanol–water partition coefficient (Wildman–Crippen LogP) is 3.37. The molecule has 0 radical (unpaired) electrons. The van der Waals surface area contributed by atoms with E-state index in [0.29, 0.717) is 30.3 Å². The topological polar surface area (TPSA) is 29.5 Å². The third-order valence-electron chi connectivity index (χ3n) is 4.74. The van der Waals surface area contributed by atoms with Crippen LogP contribution in [-0.4, -0.2) is 18.3 Å². The van der Waals surface area contributed by atoms with Crippen molar-refractivity contribution in [1.29, 1.82) is 0 Å². The maximum absolute atomic E-state index is 13.4. The van der Waals surface area contributed by atoms with Crippen LogP contribution in [0.3, 0.4) is 0 Å². The van der Waals surface area contributed by atoms with Crippen molar-refractivity contribution < 1.29 is 14.2 Å². The van der Waals surface area contributed by atoms with Crippen molar-refractivity contribution in [2.45, 2.75) is 32.1 Å². The summed E-state index contributed by atoms with van der Waals surface area (Å²) in [6.07, 6.45) is 5.72. The molecule has 0 heterocycles. The number of aliphatic hydroxyl groups excluding tert-OH is 1. The number of benzene rings is 1. The fourth-order valence-electron chi connectivity index (χ4n) is 3.71. The van der Waals surface area contributed by atoms with Crippen molar-refractivity contribution in [2.24, 2.45) is 17.8 Å². The molecule has 2 fully saturated rings. The zero-order valence-electron chi connectivity index (χ0n) is 12.1. The molecule has 3 atom stereocenters. The third kappa shape index (κ3) is 3.39. The molecule has 2 bridgehead atoms. The summed E-state index contributed by atoms with van der Waals surface area (Å²) >= 11 is 0. The molecule has 112 valence electrons. The summed E-state index contributed by atoms with van der Waals surface area (Å²) in [6.45, 7) is 0.703. The molecule has 1 N–H and O–H groups in total. The van der Waals surface area contributed by atoms with Crippen molar-refractivity contribution >= 4 is 0 Å². The Kier molecular flexibility index (Phi) is 4.45. The Balaban J connectivity index is 1.66. The first kappa shape index (κ1) is 14.4. The Morgan fingerprint density at radius 1 is 1.29 bits per heavy atom. The smallest absolute Gasteiger partial charge is 0.137 e. The highest BCUT2D eigenvalue weighted by molar-refractivity contribution is 5.46. The highest BCUT2D eigenvalue weighted by atomic mass is 19.1. The first-order valence-electron chi connectivity index (χ1n) is 7.78. The van der Waals surface area contributed by atoms with Crippen LogP contribution in [0.25, 0.3) is 0 Å². The van der Waals surface area contributed by atoms with Crippen LogP contribution in [-0.2, 0) is 0 Å². The quantitative estimate of drug-likeness (QED) is 0.861. The molecule has 0 saturated heterocycles. The number of fused-ring (bicyclic) bond motifs is 2. The lowest BCUT2D eigenvalue weighted by molar-refractivity contribution is 0.194. The average Bonchev–Trinajstić information content (AvgIpc) is 3.10. The second kappa shape index (κ2) is 6.49. The molecule has 3 heteroatoms. The molecular formula is C18H21FO2. The summed E-state index contributed by atoms with van der Waals surface area (Å²) < 4.78 is 19.3. The Bertz CT molecular complexity index is 558. The second-order valence-corrected chi connectivity index (χ2v) is 6.16. The summed E-state index contributed by atoms with van der Waals surface area (Å²) in [5.41, 5.74) is 0.702. The minimum Gasteiger partial charge on any atom is -0.492 e. The van der Waals surface area contributed by atoms with E-state index in [1.54, 1.807) is 6.07 Å². The van der Waals surface area contributed by atoms with E-state index in [1.807, 2.05) is 0 Å². The normalized spacial score (nSPS) is 26.5. The molecule has 2 aliphatic carbocycles. The van der Waals surface area contributed by atoms with E-state index in [1.165, 1.54) is 37.8 Å². The molecule has 0 aromatic heterocycles. The Labute approximate surface area is 125 Å². The van der Waals surface area contributed by atoms with Gasteiger partial charge in [-0.3, -0.25) is 0 Å². The van der Waals surface area contributed by atoms with Crippen LogP contribution in [0.2, 0.25) is 0 Å². The molecule has 21 heavy (non-hydrogen) atoms. The van der Waals surface area contributed by atoms with Gasteiger partial charge in [0.1, 0.15) is 11.6 Å². The second-order valence-electron chi connectivity index (χ2n) is 6.16. The molecule has 0 aliphatic heterocycles. The first-order valence-corrected chi connectivity index (χ1v) is 7.78. The fourth-order valence-corrected chi connectivity index (χ4v) is 3.71.